The number of hydrogen-bond acceptors (Lipinski definition) is 8. The molecular formula is C20H32N4O8. The first-order valence-electron chi connectivity index (χ1n) is 11.0. The zero-order valence-corrected chi connectivity index (χ0v) is 18.2. The molecule has 0 aromatic heterocycles. The van der Waals surface area contributed by atoms with Crippen molar-refractivity contribution in [2.45, 2.75) is 24.9 Å². The van der Waals surface area contributed by atoms with Crippen LogP contribution in [0.2, 0.25) is 0 Å². The van der Waals surface area contributed by atoms with E-state index in [9.17, 15) is 29.4 Å². The third kappa shape index (κ3) is 6.37. The average Bonchev–Trinajstić information content (AvgIpc) is 2.73. The lowest BCUT2D eigenvalue weighted by Gasteiger charge is -2.41. The van der Waals surface area contributed by atoms with Gasteiger partial charge in [-0.2, -0.15) is 0 Å². The van der Waals surface area contributed by atoms with Gasteiger partial charge in [-0.05, 0) is 0 Å². The Morgan fingerprint density at radius 3 is 1.41 bits per heavy atom. The van der Waals surface area contributed by atoms with E-state index in [0.29, 0.717) is 65.6 Å². The summed E-state index contributed by atoms with van der Waals surface area (Å²) >= 11 is 0. The molecule has 12 nitrogen and oxygen atoms in total. The summed E-state index contributed by atoms with van der Waals surface area (Å²) in [6.45, 7) is 4.81. The molecule has 0 aromatic rings. The lowest BCUT2D eigenvalue weighted by molar-refractivity contribution is -0.151. The fraction of sp³-hybridized carbons (Fsp3) is 0.800. The molecule has 12 heteroatoms. The zero-order valence-electron chi connectivity index (χ0n) is 18.2. The topological polar surface area (TPSA) is 140 Å². The van der Waals surface area contributed by atoms with Crippen LogP contribution in [0.15, 0.2) is 0 Å². The predicted molar refractivity (Wildman–Crippen MR) is 110 cm³/mol. The molecular weight excluding hydrogens is 424 g/mol. The number of carbonyl (C=O) groups excluding carboxylic acids is 2. The minimum absolute atomic E-state index is 0.218. The maximum atomic E-state index is 12.8. The Morgan fingerprint density at radius 2 is 1.03 bits per heavy atom. The van der Waals surface area contributed by atoms with Crippen LogP contribution < -0.4 is 0 Å². The zero-order chi connectivity index (χ0) is 23.1. The van der Waals surface area contributed by atoms with Crippen LogP contribution in [-0.2, 0) is 28.7 Å². The van der Waals surface area contributed by atoms with Gasteiger partial charge in [0.15, 0.2) is 0 Å². The molecule has 0 aromatic carbocycles. The lowest BCUT2D eigenvalue weighted by atomic mass is 10.1. The van der Waals surface area contributed by atoms with Gasteiger partial charge in [-0.25, -0.2) is 0 Å². The van der Waals surface area contributed by atoms with Gasteiger partial charge in [0.1, 0.15) is 12.1 Å². The molecule has 0 radical (unpaired) electrons. The first kappa shape index (κ1) is 24.4. The lowest BCUT2D eigenvalue weighted by Crippen LogP contribution is -2.59. The summed E-state index contributed by atoms with van der Waals surface area (Å²) in [6, 6.07) is -1.46. The number of carboxylic acid groups (broad SMARTS) is 2. The van der Waals surface area contributed by atoms with Crippen molar-refractivity contribution in [3.63, 3.8) is 0 Å². The van der Waals surface area contributed by atoms with Gasteiger partial charge in [0, 0.05) is 52.4 Å². The van der Waals surface area contributed by atoms with Crippen LogP contribution >= 0.6 is 0 Å². The molecule has 6 aliphatic heterocycles. The van der Waals surface area contributed by atoms with E-state index in [1.165, 1.54) is 0 Å². The Bertz CT molecular complexity index is 647. The van der Waals surface area contributed by atoms with Gasteiger partial charge >= 0.3 is 11.9 Å². The SMILES string of the molecule is O=C(O)CC1C(=O)N2CCOCCN3CCN(CCOCCN1CC2)C(=O)C3CC(=O)O. The van der Waals surface area contributed by atoms with Gasteiger partial charge in [0.25, 0.3) is 0 Å². The van der Waals surface area contributed by atoms with E-state index in [4.69, 9.17) is 9.47 Å². The standard InChI is InChI=1S/C20H32N4O8/c25-17(26)13-15-19(29)23-3-1-21(15)5-9-31-12-8-24-4-2-22(6-10-32-11-7-23)16(20(24)30)14-18(27)28/h15-16H,1-14H2,(H,25,26)(H,27,28). The second kappa shape index (κ2) is 11.5. The van der Waals surface area contributed by atoms with Gasteiger partial charge in [-0.3, -0.25) is 29.0 Å². The Hall–Kier alpha value is -2.28. The molecule has 32 heavy (non-hydrogen) atoms. The highest BCUT2D eigenvalue weighted by Crippen LogP contribution is 2.17. The van der Waals surface area contributed by atoms with Crippen molar-refractivity contribution in [2.24, 2.45) is 0 Å². The number of carboxylic acids is 2. The molecule has 0 spiro atoms. The molecule has 6 rings (SSSR count). The molecule has 180 valence electrons. The average molecular weight is 456 g/mol. The molecule has 6 aliphatic rings. The molecule has 4 bridgehead atoms. The molecule has 2 amide bonds. The second-order valence-corrected chi connectivity index (χ2v) is 8.17. The number of nitrogens with zero attached hydrogens (tertiary/aromatic N) is 4. The molecule has 6 saturated heterocycles. The maximum Gasteiger partial charge on any atom is 0.305 e. The van der Waals surface area contributed by atoms with Crippen molar-refractivity contribution < 1.29 is 38.9 Å². The molecule has 2 N–H and O–H groups in total. The van der Waals surface area contributed by atoms with Crippen LogP contribution in [0.1, 0.15) is 12.8 Å². The fourth-order valence-electron chi connectivity index (χ4n) is 4.42. The Labute approximate surface area is 186 Å². The summed E-state index contributed by atoms with van der Waals surface area (Å²) in [5, 5.41) is 18.5. The third-order valence-electron chi connectivity index (χ3n) is 6.18. The summed E-state index contributed by atoms with van der Waals surface area (Å²) in [5.74, 6) is -2.49. The van der Waals surface area contributed by atoms with E-state index in [1.54, 1.807) is 9.80 Å². The van der Waals surface area contributed by atoms with Gasteiger partial charge in [0.2, 0.25) is 11.8 Å². The van der Waals surface area contributed by atoms with Crippen LogP contribution in [-0.4, -0.2) is 144 Å². The smallest absolute Gasteiger partial charge is 0.305 e. The number of piperazine rings is 2. The van der Waals surface area contributed by atoms with Crippen molar-refractivity contribution >= 4 is 23.8 Å². The van der Waals surface area contributed by atoms with Crippen LogP contribution in [0.5, 0.6) is 0 Å². The Kier molecular flexibility index (Phi) is 8.79. The van der Waals surface area contributed by atoms with Gasteiger partial charge in [-0.1, -0.05) is 0 Å². The van der Waals surface area contributed by atoms with Crippen LogP contribution in [0.4, 0.5) is 0 Å². The number of carbonyl (C=O) groups is 4. The molecule has 0 aliphatic carbocycles. The molecule has 4 unspecified atom stereocenters. The largest absolute Gasteiger partial charge is 0.481 e. The van der Waals surface area contributed by atoms with E-state index < -0.39 is 24.0 Å². The fourth-order valence-corrected chi connectivity index (χ4v) is 4.42. The van der Waals surface area contributed by atoms with E-state index in [-0.39, 0.29) is 37.9 Å². The first-order valence-corrected chi connectivity index (χ1v) is 11.0. The second-order valence-electron chi connectivity index (χ2n) is 8.17. The monoisotopic (exact) mass is 456 g/mol. The van der Waals surface area contributed by atoms with Crippen LogP contribution in [0, 0.1) is 0 Å². The third-order valence-corrected chi connectivity index (χ3v) is 6.18. The van der Waals surface area contributed by atoms with E-state index >= 15 is 0 Å². The number of ether oxygens (including phenoxy) is 2. The first-order chi connectivity index (χ1) is 15.4. The Morgan fingerprint density at radius 1 is 0.656 bits per heavy atom. The van der Waals surface area contributed by atoms with Gasteiger partial charge in [0.05, 0.1) is 39.3 Å². The minimum atomic E-state index is -1.03. The number of amides is 2. The Balaban J connectivity index is 1.66. The van der Waals surface area contributed by atoms with Crippen molar-refractivity contribution in [2.75, 3.05) is 78.8 Å². The number of rotatable bonds is 4. The summed E-state index contributed by atoms with van der Waals surface area (Å²) in [6.07, 6.45) is -0.531. The highest BCUT2D eigenvalue weighted by atomic mass is 16.5. The predicted octanol–water partition coefficient (Wildman–Crippen LogP) is -1.99. The number of aliphatic carboxylic acids is 2. The van der Waals surface area contributed by atoms with E-state index in [0.717, 1.165) is 0 Å². The van der Waals surface area contributed by atoms with Crippen molar-refractivity contribution in [1.29, 1.82) is 0 Å². The highest BCUT2D eigenvalue weighted by Gasteiger charge is 2.37. The minimum Gasteiger partial charge on any atom is -0.481 e. The number of hydrogen-bond donors (Lipinski definition) is 2. The van der Waals surface area contributed by atoms with Crippen molar-refractivity contribution in [3.8, 4) is 0 Å². The molecule has 4 atom stereocenters. The van der Waals surface area contributed by atoms with Crippen LogP contribution in [0.25, 0.3) is 0 Å². The van der Waals surface area contributed by atoms with Gasteiger partial charge in [-0.15, -0.1) is 0 Å². The summed E-state index contributed by atoms with van der Waals surface area (Å²) in [5.41, 5.74) is 0. The highest BCUT2D eigenvalue weighted by molar-refractivity contribution is 5.87. The molecule has 6 heterocycles. The summed E-state index contributed by atoms with van der Waals surface area (Å²) in [7, 11) is 0. The molecule has 6 fully saturated rings. The van der Waals surface area contributed by atoms with Gasteiger partial charge < -0.3 is 29.5 Å². The van der Waals surface area contributed by atoms with E-state index in [1.807, 2.05) is 9.80 Å². The summed E-state index contributed by atoms with van der Waals surface area (Å²) < 4.78 is 11.3. The van der Waals surface area contributed by atoms with E-state index in [2.05, 4.69) is 0 Å². The quantitative estimate of drug-likeness (QED) is 0.488. The summed E-state index contributed by atoms with van der Waals surface area (Å²) in [4.78, 5) is 55.2. The molecule has 0 saturated carbocycles. The van der Waals surface area contributed by atoms with Crippen molar-refractivity contribution in [1.82, 2.24) is 19.6 Å². The van der Waals surface area contributed by atoms with Crippen molar-refractivity contribution in [3.05, 3.63) is 0 Å². The van der Waals surface area contributed by atoms with Crippen LogP contribution in [0.3, 0.4) is 0 Å². The normalized spacial score (nSPS) is 30.8. The maximum absolute atomic E-state index is 12.8.